The third-order valence-electron chi connectivity index (χ3n) is 4.00. The molecule has 1 aromatic rings. The van der Waals surface area contributed by atoms with Gasteiger partial charge in [-0.2, -0.15) is 0 Å². The van der Waals surface area contributed by atoms with Gasteiger partial charge < -0.3 is 4.90 Å². The molecule has 3 amide bonds. The van der Waals surface area contributed by atoms with Crippen molar-refractivity contribution >= 4 is 29.5 Å². The highest BCUT2D eigenvalue weighted by Gasteiger charge is 2.42. The summed E-state index contributed by atoms with van der Waals surface area (Å²) in [4.78, 5) is 39.5. The molecular formula is C16H18N2O3S. The van der Waals surface area contributed by atoms with Gasteiger partial charge in [0.05, 0.1) is 6.04 Å². The minimum absolute atomic E-state index is 0.0956. The van der Waals surface area contributed by atoms with E-state index in [1.165, 1.54) is 4.90 Å². The van der Waals surface area contributed by atoms with Crippen molar-refractivity contribution in [3.05, 3.63) is 30.3 Å². The first-order chi connectivity index (χ1) is 10.6. The number of benzene rings is 1. The van der Waals surface area contributed by atoms with E-state index < -0.39 is 0 Å². The third kappa shape index (κ3) is 3.16. The van der Waals surface area contributed by atoms with Gasteiger partial charge in [0, 0.05) is 43.0 Å². The van der Waals surface area contributed by atoms with Gasteiger partial charge in [0.15, 0.2) is 0 Å². The maximum Gasteiger partial charge on any atom is 0.230 e. The van der Waals surface area contributed by atoms with Crippen molar-refractivity contribution in [2.75, 3.05) is 18.8 Å². The third-order valence-corrected chi connectivity index (χ3v) is 5.01. The summed E-state index contributed by atoms with van der Waals surface area (Å²) >= 11 is 1.66. The van der Waals surface area contributed by atoms with E-state index in [1.807, 2.05) is 30.3 Å². The van der Waals surface area contributed by atoms with Gasteiger partial charge in [0.1, 0.15) is 0 Å². The van der Waals surface area contributed by atoms with E-state index in [1.54, 1.807) is 16.7 Å². The number of likely N-dealkylation sites (tertiary alicyclic amines) is 2. The van der Waals surface area contributed by atoms with Crippen molar-refractivity contribution in [2.45, 2.75) is 30.2 Å². The fourth-order valence-electron chi connectivity index (χ4n) is 2.75. The molecule has 2 fully saturated rings. The van der Waals surface area contributed by atoms with Crippen LogP contribution in [-0.2, 0) is 14.4 Å². The summed E-state index contributed by atoms with van der Waals surface area (Å²) in [5, 5.41) is 0. The average Bonchev–Trinajstić information content (AvgIpc) is 2.79. The number of carbonyl (C=O) groups is 3. The Hall–Kier alpha value is -1.82. The van der Waals surface area contributed by atoms with Crippen LogP contribution in [-0.4, -0.2) is 52.4 Å². The average molecular weight is 318 g/mol. The lowest BCUT2D eigenvalue weighted by Crippen LogP contribution is -2.62. The van der Waals surface area contributed by atoms with Crippen LogP contribution in [0.4, 0.5) is 0 Å². The van der Waals surface area contributed by atoms with Gasteiger partial charge in [-0.25, -0.2) is 0 Å². The number of hydrogen-bond donors (Lipinski definition) is 0. The monoisotopic (exact) mass is 318 g/mol. The van der Waals surface area contributed by atoms with Crippen LogP contribution < -0.4 is 0 Å². The fourth-order valence-corrected chi connectivity index (χ4v) is 3.62. The second kappa shape index (κ2) is 6.52. The molecule has 0 unspecified atom stereocenters. The van der Waals surface area contributed by atoms with Crippen LogP contribution in [0.2, 0.25) is 0 Å². The molecule has 2 aliphatic heterocycles. The lowest BCUT2D eigenvalue weighted by Gasteiger charge is -2.43. The largest absolute Gasteiger partial charge is 0.338 e. The molecule has 0 aliphatic carbocycles. The zero-order valence-corrected chi connectivity index (χ0v) is 13.1. The molecule has 2 saturated heterocycles. The molecule has 22 heavy (non-hydrogen) atoms. The summed E-state index contributed by atoms with van der Waals surface area (Å²) < 4.78 is 0. The summed E-state index contributed by atoms with van der Waals surface area (Å²) in [6, 6.07) is 9.88. The Kier molecular flexibility index (Phi) is 4.47. The van der Waals surface area contributed by atoms with Crippen LogP contribution in [0.5, 0.6) is 0 Å². The second-order valence-electron chi connectivity index (χ2n) is 5.52. The first-order valence-electron chi connectivity index (χ1n) is 7.45. The van der Waals surface area contributed by atoms with Gasteiger partial charge in [-0.15, -0.1) is 11.8 Å². The number of nitrogens with zero attached hydrogens (tertiary/aromatic N) is 2. The van der Waals surface area contributed by atoms with E-state index in [2.05, 4.69) is 0 Å². The molecule has 0 bridgehead atoms. The van der Waals surface area contributed by atoms with Gasteiger partial charge >= 0.3 is 0 Å². The number of thioether (sulfide) groups is 1. The number of hydrogen-bond acceptors (Lipinski definition) is 4. The zero-order valence-electron chi connectivity index (χ0n) is 12.2. The van der Waals surface area contributed by atoms with Crippen LogP contribution in [0, 0.1) is 0 Å². The lowest BCUT2D eigenvalue weighted by molar-refractivity contribution is -0.151. The van der Waals surface area contributed by atoms with Crippen molar-refractivity contribution in [2.24, 2.45) is 0 Å². The Morgan fingerprint density at radius 2 is 1.73 bits per heavy atom. The summed E-state index contributed by atoms with van der Waals surface area (Å²) in [6.45, 7) is 0.985. The number of rotatable bonds is 5. The highest BCUT2D eigenvalue weighted by Crippen LogP contribution is 2.24. The fraction of sp³-hybridized carbons (Fsp3) is 0.438. The van der Waals surface area contributed by atoms with Gasteiger partial charge in [-0.1, -0.05) is 18.2 Å². The normalized spacial score (nSPS) is 18.7. The van der Waals surface area contributed by atoms with Crippen molar-refractivity contribution in [1.29, 1.82) is 0 Å². The van der Waals surface area contributed by atoms with Gasteiger partial charge in [0.25, 0.3) is 0 Å². The summed E-state index contributed by atoms with van der Waals surface area (Å²) in [7, 11) is 0. The molecule has 0 N–H and O–H groups in total. The van der Waals surface area contributed by atoms with Crippen molar-refractivity contribution in [1.82, 2.24) is 9.80 Å². The highest BCUT2D eigenvalue weighted by atomic mass is 32.2. The summed E-state index contributed by atoms with van der Waals surface area (Å²) in [5.41, 5.74) is 0. The molecule has 6 heteroatoms. The molecule has 1 aromatic carbocycles. The van der Waals surface area contributed by atoms with Gasteiger partial charge in [-0.3, -0.25) is 19.3 Å². The topological polar surface area (TPSA) is 57.7 Å². The van der Waals surface area contributed by atoms with Gasteiger partial charge in [-0.05, 0) is 12.1 Å². The number of imide groups is 1. The quantitative estimate of drug-likeness (QED) is 0.610. The van der Waals surface area contributed by atoms with Crippen molar-refractivity contribution < 1.29 is 14.4 Å². The van der Waals surface area contributed by atoms with Crippen LogP contribution in [0.25, 0.3) is 0 Å². The zero-order chi connectivity index (χ0) is 15.5. The molecule has 2 aliphatic rings. The predicted octanol–water partition coefficient (Wildman–Crippen LogP) is 1.53. The van der Waals surface area contributed by atoms with E-state index in [-0.39, 0.29) is 23.8 Å². The molecule has 0 atom stereocenters. The number of carbonyl (C=O) groups excluding carboxylic acids is 3. The maximum absolute atomic E-state index is 12.1. The molecule has 2 heterocycles. The van der Waals surface area contributed by atoms with Crippen LogP contribution in [0.15, 0.2) is 35.2 Å². The smallest absolute Gasteiger partial charge is 0.230 e. The van der Waals surface area contributed by atoms with E-state index in [9.17, 15) is 14.4 Å². The Morgan fingerprint density at radius 1 is 1.09 bits per heavy atom. The lowest BCUT2D eigenvalue weighted by atomic mass is 10.1. The standard InChI is InChI=1S/C16H18N2O3S/c19-14(8-9-22-13-4-2-1-3-5-13)17-10-12(11-17)18-15(20)6-7-16(18)21/h1-5,12H,6-11H2. The number of amides is 3. The molecule has 5 nitrogen and oxygen atoms in total. The molecule has 116 valence electrons. The van der Waals surface area contributed by atoms with Crippen LogP contribution >= 0.6 is 11.8 Å². The molecule has 0 spiro atoms. The van der Waals surface area contributed by atoms with Crippen LogP contribution in [0.1, 0.15) is 19.3 Å². The minimum Gasteiger partial charge on any atom is -0.338 e. The maximum atomic E-state index is 12.1. The van der Waals surface area contributed by atoms with Crippen LogP contribution in [0.3, 0.4) is 0 Å². The van der Waals surface area contributed by atoms with E-state index >= 15 is 0 Å². The molecule has 0 saturated carbocycles. The van der Waals surface area contributed by atoms with E-state index in [0.717, 1.165) is 10.6 Å². The minimum atomic E-state index is -0.103. The first-order valence-corrected chi connectivity index (χ1v) is 8.44. The Morgan fingerprint density at radius 3 is 2.36 bits per heavy atom. The highest BCUT2D eigenvalue weighted by molar-refractivity contribution is 7.99. The predicted molar refractivity (Wildman–Crippen MR) is 83.2 cm³/mol. The SMILES string of the molecule is O=C(CCSc1ccccc1)N1CC(N2C(=O)CCC2=O)C1. The first kappa shape index (κ1) is 15.1. The molecule has 0 aromatic heterocycles. The summed E-state index contributed by atoms with van der Waals surface area (Å²) in [6.07, 6.45) is 1.11. The van der Waals surface area contributed by atoms with Crippen molar-refractivity contribution in [3.63, 3.8) is 0 Å². The molecule has 3 rings (SSSR count). The van der Waals surface area contributed by atoms with Gasteiger partial charge in [0.2, 0.25) is 17.7 Å². The second-order valence-corrected chi connectivity index (χ2v) is 6.69. The Balaban J connectivity index is 1.40. The molecular weight excluding hydrogens is 300 g/mol. The Labute approximate surface area is 133 Å². The van der Waals surface area contributed by atoms with E-state index in [0.29, 0.717) is 32.4 Å². The summed E-state index contributed by atoms with van der Waals surface area (Å²) in [5.74, 6) is 0.647. The van der Waals surface area contributed by atoms with Crippen molar-refractivity contribution in [3.8, 4) is 0 Å². The van der Waals surface area contributed by atoms with E-state index in [4.69, 9.17) is 0 Å². The Bertz CT molecular complexity index is 568. The molecule has 0 radical (unpaired) electrons.